The summed E-state index contributed by atoms with van der Waals surface area (Å²) in [6.07, 6.45) is 81.6. The Morgan fingerprint density at radius 1 is 0.284 bits per heavy atom. The molecule has 0 amide bonds. The van der Waals surface area contributed by atoms with Crippen molar-refractivity contribution in [3.63, 3.8) is 0 Å². The van der Waals surface area contributed by atoms with Gasteiger partial charge in [-0.25, -0.2) is 0 Å². The highest BCUT2D eigenvalue weighted by Crippen LogP contribution is 2.17. The number of carbonyl (C=O) groups is 3. The summed E-state index contributed by atoms with van der Waals surface area (Å²) >= 11 is 0. The third kappa shape index (κ3) is 59.5. The second-order valence-electron chi connectivity index (χ2n) is 21.0. The summed E-state index contributed by atoms with van der Waals surface area (Å²) in [5.74, 6) is -0.887. The molecule has 0 aromatic heterocycles. The second-order valence-corrected chi connectivity index (χ2v) is 21.0. The maximum Gasteiger partial charge on any atom is 0.306 e. The molecule has 0 aliphatic carbocycles. The topological polar surface area (TPSA) is 78.9 Å². The molecule has 1 atom stereocenters. The minimum atomic E-state index is -0.782. The maximum atomic E-state index is 12.9. The number of unbranched alkanes of at least 4 members (excludes halogenated alkanes) is 32. The van der Waals surface area contributed by atoms with Gasteiger partial charge in [0.1, 0.15) is 13.2 Å². The van der Waals surface area contributed by atoms with Gasteiger partial charge in [0.25, 0.3) is 0 Å². The summed E-state index contributed by atoms with van der Waals surface area (Å²) in [5.41, 5.74) is 0. The Kier molecular flexibility index (Phi) is 59.3. The van der Waals surface area contributed by atoms with Crippen LogP contribution in [0.25, 0.3) is 0 Å². The van der Waals surface area contributed by atoms with Gasteiger partial charge in [0.05, 0.1) is 0 Å². The van der Waals surface area contributed by atoms with Crippen LogP contribution in [0.5, 0.6) is 0 Å². The highest BCUT2D eigenvalue weighted by molar-refractivity contribution is 5.71. The Morgan fingerprint density at radius 3 is 0.824 bits per heavy atom. The summed E-state index contributed by atoms with van der Waals surface area (Å²) in [5, 5.41) is 0. The van der Waals surface area contributed by atoms with Crippen molar-refractivity contribution in [2.75, 3.05) is 13.2 Å². The molecule has 0 heterocycles. The van der Waals surface area contributed by atoms with Gasteiger partial charge in [0.2, 0.25) is 0 Å². The molecule has 0 rings (SSSR count). The van der Waals surface area contributed by atoms with E-state index in [-0.39, 0.29) is 31.1 Å². The highest BCUT2D eigenvalue weighted by atomic mass is 16.6. The van der Waals surface area contributed by atoms with Gasteiger partial charge >= 0.3 is 17.9 Å². The lowest BCUT2D eigenvalue weighted by Crippen LogP contribution is -2.30. The van der Waals surface area contributed by atoms with Gasteiger partial charge in [-0.1, -0.05) is 298 Å². The molecule has 6 heteroatoms. The van der Waals surface area contributed by atoms with Gasteiger partial charge in [-0.2, -0.15) is 0 Å². The average Bonchev–Trinajstić information content (AvgIpc) is 3.40. The molecule has 0 bridgehead atoms. The number of rotatable bonds is 57. The largest absolute Gasteiger partial charge is 0.462 e. The monoisotopic (exact) mass is 1030 g/mol. The van der Waals surface area contributed by atoms with Crippen LogP contribution in [0.15, 0.2) is 85.1 Å². The van der Waals surface area contributed by atoms with Crippen LogP contribution in [-0.2, 0) is 28.6 Å². The van der Waals surface area contributed by atoms with Crippen LogP contribution in [0.3, 0.4) is 0 Å². The van der Waals surface area contributed by atoms with E-state index in [4.69, 9.17) is 14.2 Å². The quantitative estimate of drug-likeness (QED) is 0.0261. The third-order valence-electron chi connectivity index (χ3n) is 13.7. The SMILES string of the molecule is CC/C=C\C/C=C\C/C=C\C/C=C\C/C=C\C/C=C\C/C=C\CCCCCCCC(=O)OCC(COC(=O)CCCCCCCCCCCC)OC(=O)CCCCCCCCCCCCCCCCCCCCC. The van der Waals surface area contributed by atoms with E-state index in [1.54, 1.807) is 0 Å². The van der Waals surface area contributed by atoms with Crippen molar-refractivity contribution >= 4 is 17.9 Å². The van der Waals surface area contributed by atoms with Crippen LogP contribution in [0.2, 0.25) is 0 Å². The number of ether oxygens (including phenoxy) is 3. The molecule has 0 aliphatic heterocycles. The lowest BCUT2D eigenvalue weighted by atomic mass is 10.0. The molecule has 426 valence electrons. The molecule has 0 saturated heterocycles. The predicted octanol–water partition coefficient (Wildman–Crippen LogP) is 21.5. The van der Waals surface area contributed by atoms with Crippen LogP contribution >= 0.6 is 0 Å². The first-order valence-electron chi connectivity index (χ1n) is 31.6. The molecule has 0 radical (unpaired) electrons. The summed E-state index contributed by atoms with van der Waals surface area (Å²) in [6, 6.07) is 0. The summed E-state index contributed by atoms with van der Waals surface area (Å²) in [7, 11) is 0. The van der Waals surface area contributed by atoms with E-state index in [9.17, 15) is 14.4 Å². The molecular weight excluding hydrogens is 913 g/mol. The molecule has 0 N–H and O–H groups in total. The van der Waals surface area contributed by atoms with E-state index < -0.39 is 6.10 Å². The molecule has 0 aromatic rings. The fourth-order valence-electron chi connectivity index (χ4n) is 8.95. The Bertz CT molecular complexity index is 1420. The second kappa shape index (κ2) is 62.1. The summed E-state index contributed by atoms with van der Waals surface area (Å²) in [6.45, 7) is 6.53. The zero-order valence-electron chi connectivity index (χ0n) is 48.8. The zero-order chi connectivity index (χ0) is 53.6. The lowest BCUT2D eigenvalue weighted by molar-refractivity contribution is -0.167. The van der Waals surface area contributed by atoms with Crippen molar-refractivity contribution < 1.29 is 28.6 Å². The number of carbonyl (C=O) groups excluding carboxylic acids is 3. The molecule has 0 spiro atoms. The van der Waals surface area contributed by atoms with Crippen LogP contribution in [0, 0.1) is 0 Å². The predicted molar refractivity (Wildman–Crippen MR) is 321 cm³/mol. The van der Waals surface area contributed by atoms with E-state index in [0.29, 0.717) is 19.3 Å². The smallest absolute Gasteiger partial charge is 0.306 e. The van der Waals surface area contributed by atoms with Crippen LogP contribution in [0.4, 0.5) is 0 Å². The van der Waals surface area contributed by atoms with Crippen molar-refractivity contribution in [1.29, 1.82) is 0 Å². The van der Waals surface area contributed by atoms with Gasteiger partial charge in [0.15, 0.2) is 6.10 Å². The number of hydrogen-bond donors (Lipinski definition) is 0. The Hall–Kier alpha value is -3.41. The number of allylic oxidation sites excluding steroid dienone is 14. The van der Waals surface area contributed by atoms with Gasteiger partial charge in [-0.05, 0) is 77.0 Å². The normalized spacial score (nSPS) is 12.6. The summed E-state index contributed by atoms with van der Waals surface area (Å²) in [4.78, 5) is 38.2. The van der Waals surface area contributed by atoms with Gasteiger partial charge < -0.3 is 14.2 Å². The Balaban J connectivity index is 4.29. The van der Waals surface area contributed by atoms with Crippen molar-refractivity contribution in [2.24, 2.45) is 0 Å². The number of esters is 3. The first-order chi connectivity index (χ1) is 36.5. The molecule has 0 aliphatic rings. The van der Waals surface area contributed by atoms with E-state index in [1.165, 1.54) is 148 Å². The van der Waals surface area contributed by atoms with Crippen LogP contribution in [0.1, 0.15) is 310 Å². The van der Waals surface area contributed by atoms with Crippen LogP contribution < -0.4 is 0 Å². The Morgan fingerprint density at radius 2 is 0.527 bits per heavy atom. The lowest BCUT2D eigenvalue weighted by Gasteiger charge is -2.18. The molecule has 1 unspecified atom stereocenters. The molecule has 74 heavy (non-hydrogen) atoms. The van der Waals surface area contributed by atoms with Crippen molar-refractivity contribution in [2.45, 2.75) is 316 Å². The maximum absolute atomic E-state index is 12.9. The number of hydrogen-bond acceptors (Lipinski definition) is 6. The summed E-state index contributed by atoms with van der Waals surface area (Å²) < 4.78 is 16.9. The Labute approximate surface area is 458 Å². The standard InChI is InChI=1S/C68H118O6/c1-4-7-10-13-16-19-22-24-26-28-30-31-32-33-34-35-36-37-39-40-42-44-46-49-52-55-58-61-67(70)73-64-65(63-72-66(69)60-57-54-51-48-21-18-15-12-9-6-3)74-68(71)62-59-56-53-50-47-45-43-41-38-29-27-25-23-20-17-14-11-8-5-2/h7,10,16,19,24,26,30-31,33-34,36-37,40,42,65H,4-6,8-9,11-15,17-18,20-23,25,27-29,32,35,38-39,41,43-64H2,1-3H3/b10-7-,19-16-,26-24-,31-30-,34-33-,37-36-,42-40-. The fourth-order valence-corrected chi connectivity index (χ4v) is 8.95. The first kappa shape index (κ1) is 70.6. The van der Waals surface area contributed by atoms with Gasteiger partial charge in [-0.15, -0.1) is 0 Å². The van der Waals surface area contributed by atoms with Crippen molar-refractivity contribution in [3.05, 3.63) is 85.1 Å². The zero-order valence-corrected chi connectivity index (χ0v) is 48.8. The fraction of sp³-hybridized carbons (Fsp3) is 0.750. The molecule has 6 nitrogen and oxygen atoms in total. The van der Waals surface area contributed by atoms with Gasteiger partial charge in [0, 0.05) is 19.3 Å². The minimum absolute atomic E-state index is 0.0787. The minimum Gasteiger partial charge on any atom is -0.462 e. The van der Waals surface area contributed by atoms with E-state index in [0.717, 1.165) is 122 Å². The third-order valence-corrected chi connectivity index (χ3v) is 13.7. The van der Waals surface area contributed by atoms with Crippen molar-refractivity contribution in [3.8, 4) is 0 Å². The first-order valence-corrected chi connectivity index (χ1v) is 31.6. The van der Waals surface area contributed by atoms with E-state index in [2.05, 4.69) is 106 Å². The molecular formula is C68H118O6. The van der Waals surface area contributed by atoms with E-state index >= 15 is 0 Å². The highest BCUT2D eigenvalue weighted by Gasteiger charge is 2.19. The van der Waals surface area contributed by atoms with Crippen molar-refractivity contribution in [1.82, 2.24) is 0 Å². The average molecular weight is 1030 g/mol. The molecule has 0 saturated carbocycles. The van der Waals surface area contributed by atoms with Gasteiger partial charge in [-0.3, -0.25) is 14.4 Å². The molecule has 0 aromatic carbocycles. The van der Waals surface area contributed by atoms with E-state index in [1.807, 2.05) is 0 Å². The van der Waals surface area contributed by atoms with Crippen LogP contribution in [-0.4, -0.2) is 37.2 Å². The molecule has 0 fully saturated rings.